The number of halogens is 2. The topological polar surface area (TPSA) is 70.7 Å². The van der Waals surface area contributed by atoms with Crippen LogP contribution in [0.1, 0.15) is 6.42 Å². The molecule has 2 heterocycles. The van der Waals surface area contributed by atoms with Gasteiger partial charge in [-0.2, -0.15) is 17.4 Å². The van der Waals surface area contributed by atoms with E-state index in [9.17, 15) is 8.42 Å². The Morgan fingerprint density at radius 2 is 2.23 bits per heavy atom. The Labute approximate surface area is 139 Å². The fraction of sp³-hybridized carbons (Fsp3) is 0.538. The minimum atomic E-state index is -3.46. The summed E-state index contributed by atoms with van der Waals surface area (Å²) in [7, 11) is -3.46. The van der Waals surface area contributed by atoms with E-state index in [4.69, 9.17) is 27.9 Å². The molecule has 3 rings (SSSR count). The molecule has 22 heavy (non-hydrogen) atoms. The Bertz CT molecular complexity index is 656. The van der Waals surface area contributed by atoms with Crippen LogP contribution in [-0.2, 0) is 10.2 Å². The van der Waals surface area contributed by atoms with Gasteiger partial charge in [0.25, 0.3) is 10.2 Å². The molecule has 0 spiro atoms. The number of hydrogen-bond acceptors (Lipinski definition) is 4. The molecule has 2 saturated heterocycles. The molecule has 2 fully saturated rings. The van der Waals surface area contributed by atoms with E-state index in [0.29, 0.717) is 22.3 Å². The first kappa shape index (κ1) is 16.3. The molecular formula is C13H17Cl2N3O3S. The smallest absolute Gasteiger partial charge is 0.279 e. The Hall–Kier alpha value is -0.570. The van der Waals surface area contributed by atoms with Crippen LogP contribution in [-0.4, -0.2) is 51.0 Å². The summed E-state index contributed by atoms with van der Waals surface area (Å²) in [6.07, 6.45) is 0.884. The highest BCUT2D eigenvalue weighted by Gasteiger charge is 2.43. The van der Waals surface area contributed by atoms with Gasteiger partial charge in [-0.3, -0.25) is 0 Å². The third-order valence-electron chi connectivity index (χ3n) is 3.88. The van der Waals surface area contributed by atoms with Crippen LogP contribution in [0.2, 0.25) is 10.0 Å². The maximum absolute atomic E-state index is 12.2. The molecule has 0 saturated carbocycles. The molecule has 0 aliphatic carbocycles. The molecule has 1 aromatic carbocycles. The Kier molecular flexibility index (Phi) is 4.82. The van der Waals surface area contributed by atoms with Crippen molar-refractivity contribution in [2.45, 2.75) is 18.5 Å². The Balaban J connectivity index is 1.49. The van der Waals surface area contributed by atoms with Gasteiger partial charge in [0.15, 0.2) is 0 Å². The highest BCUT2D eigenvalue weighted by atomic mass is 35.5. The van der Waals surface area contributed by atoms with Gasteiger partial charge in [-0.25, -0.2) is 0 Å². The second-order valence-corrected chi connectivity index (χ2v) is 7.86. The molecule has 122 valence electrons. The van der Waals surface area contributed by atoms with E-state index in [0.717, 1.165) is 13.0 Å². The quantitative estimate of drug-likeness (QED) is 0.744. The summed E-state index contributed by atoms with van der Waals surface area (Å²) >= 11 is 11.9. The van der Waals surface area contributed by atoms with Crippen molar-refractivity contribution in [2.24, 2.45) is 0 Å². The van der Waals surface area contributed by atoms with E-state index in [1.165, 1.54) is 4.31 Å². The molecule has 1 aromatic rings. The third-order valence-corrected chi connectivity index (χ3v) is 6.31. The van der Waals surface area contributed by atoms with Gasteiger partial charge >= 0.3 is 0 Å². The number of piperazine rings is 1. The molecule has 0 aromatic heterocycles. The van der Waals surface area contributed by atoms with Gasteiger partial charge < -0.3 is 10.1 Å². The first-order chi connectivity index (χ1) is 10.5. The highest BCUT2D eigenvalue weighted by molar-refractivity contribution is 7.87. The van der Waals surface area contributed by atoms with Crippen molar-refractivity contribution in [3.8, 4) is 5.75 Å². The molecule has 2 N–H and O–H groups in total. The molecule has 2 bridgehead atoms. The zero-order valence-electron chi connectivity index (χ0n) is 11.8. The van der Waals surface area contributed by atoms with Crippen LogP contribution >= 0.6 is 23.2 Å². The van der Waals surface area contributed by atoms with Gasteiger partial charge in [-0.1, -0.05) is 29.3 Å². The van der Waals surface area contributed by atoms with Gasteiger partial charge in [-0.15, -0.1) is 0 Å². The Morgan fingerprint density at radius 3 is 2.91 bits per heavy atom. The molecule has 9 heteroatoms. The first-order valence-corrected chi connectivity index (χ1v) is 9.23. The zero-order valence-corrected chi connectivity index (χ0v) is 14.1. The number of hydrogen-bond donors (Lipinski definition) is 2. The lowest BCUT2D eigenvalue weighted by Crippen LogP contribution is -2.51. The zero-order chi connectivity index (χ0) is 15.7. The fourth-order valence-electron chi connectivity index (χ4n) is 2.83. The molecule has 0 amide bonds. The fourth-order valence-corrected chi connectivity index (χ4v) is 4.61. The number of ether oxygens (including phenoxy) is 1. The van der Waals surface area contributed by atoms with Crippen molar-refractivity contribution in [1.29, 1.82) is 0 Å². The van der Waals surface area contributed by atoms with Gasteiger partial charge in [0, 0.05) is 31.7 Å². The summed E-state index contributed by atoms with van der Waals surface area (Å²) in [5.74, 6) is 0.442. The van der Waals surface area contributed by atoms with Crippen molar-refractivity contribution < 1.29 is 13.2 Å². The number of nitrogens with zero attached hydrogens (tertiary/aromatic N) is 1. The molecule has 0 radical (unpaired) electrons. The lowest BCUT2D eigenvalue weighted by atomic mass is 10.2. The summed E-state index contributed by atoms with van der Waals surface area (Å²) in [5, 5.41) is 4.00. The monoisotopic (exact) mass is 365 g/mol. The van der Waals surface area contributed by atoms with Crippen molar-refractivity contribution in [2.75, 3.05) is 26.2 Å². The van der Waals surface area contributed by atoms with E-state index in [1.807, 2.05) is 0 Å². The third kappa shape index (κ3) is 3.34. The number of benzene rings is 1. The normalized spacial score (nSPS) is 24.8. The lowest BCUT2D eigenvalue weighted by Gasteiger charge is -2.26. The molecule has 0 unspecified atom stereocenters. The van der Waals surface area contributed by atoms with Crippen molar-refractivity contribution >= 4 is 33.4 Å². The molecule has 2 aliphatic rings. The SMILES string of the molecule is O=S(=O)(NCCOc1cccc(Cl)c1Cl)N1C[C@@H]2C[C@H]1CN2. The highest BCUT2D eigenvalue weighted by Crippen LogP contribution is 2.31. The summed E-state index contributed by atoms with van der Waals surface area (Å²) < 4.78 is 34.0. The van der Waals surface area contributed by atoms with E-state index in [2.05, 4.69) is 10.0 Å². The summed E-state index contributed by atoms with van der Waals surface area (Å²) in [4.78, 5) is 0. The van der Waals surface area contributed by atoms with Crippen LogP contribution < -0.4 is 14.8 Å². The predicted molar refractivity (Wildman–Crippen MR) is 85.8 cm³/mol. The van der Waals surface area contributed by atoms with Crippen LogP contribution in [0.5, 0.6) is 5.75 Å². The summed E-state index contributed by atoms with van der Waals surface area (Å²) in [6.45, 7) is 1.60. The summed E-state index contributed by atoms with van der Waals surface area (Å²) in [6, 6.07) is 5.42. The second kappa shape index (κ2) is 6.51. The number of fused-ring (bicyclic) bond motifs is 2. The van der Waals surface area contributed by atoms with Crippen LogP contribution in [0.3, 0.4) is 0 Å². The first-order valence-electron chi connectivity index (χ1n) is 7.04. The second-order valence-electron chi connectivity index (χ2n) is 5.36. The largest absolute Gasteiger partial charge is 0.491 e. The van der Waals surface area contributed by atoms with Gasteiger partial charge in [0.05, 0.1) is 5.02 Å². The maximum atomic E-state index is 12.2. The minimum absolute atomic E-state index is 0.0609. The van der Waals surface area contributed by atoms with Crippen molar-refractivity contribution in [3.05, 3.63) is 28.2 Å². The van der Waals surface area contributed by atoms with Gasteiger partial charge in [-0.05, 0) is 18.6 Å². The van der Waals surface area contributed by atoms with E-state index in [1.54, 1.807) is 18.2 Å². The van der Waals surface area contributed by atoms with Crippen LogP contribution in [0, 0.1) is 0 Å². The number of rotatable bonds is 6. The Morgan fingerprint density at radius 1 is 1.41 bits per heavy atom. The molecule has 6 nitrogen and oxygen atoms in total. The minimum Gasteiger partial charge on any atom is -0.491 e. The number of nitrogens with one attached hydrogen (secondary N) is 2. The van der Waals surface area contributed by atoms with Crippen molar-refractivity contribution in [3.63, 3.8) is 0 Å². The van der Waals surface area contributed by atoms with Crippen LogP contribution in [0.4, 0.5) is 0 Å². The van der Waals surface area contributed by atoms with E-state index >= 15 is 0 Å². The average Bonchev–Trinajstić information content (AvgIpc) is 3.11. The van der Waals surface area contributed by atoms with E-state index < -0.39 is 10.2 Å². The average molecular weight is 366 g/mol. The predicted octanol–water partition coefficient (Wildman–Crippen LogP) is 1.25. The standard InChI is InChI=1S/C13H17Cl2N3O3S/c14-11-2-1-3-12(13(11)15)21-5-4-17-22(19,20)18-8-9-6-10(18)7-16-9/h1-3,9-10,16-17H,4-8H2/t9-,10-/m0/s1. The maximum Gasteiger partial charge on any atom is 0.279 e. The molecule has 2 atom stereocenters. The van der Waals surface area contributed by atoms with Crippen LogP contribution in [0.15, 0.2) is 18.2 Å². The van der Waals surface area contributed by atoms with Crippen LogP contribution in [0.25, 0.3) is 0 Å². The molecule has 2 aliphatic heterocycles. The van der Waals surface area contributed by atoms with Crippen molar-refractivity contribution in [1.82, 2.24) is 14.3 Å². The molecular weight excluding hydrogens is 349 g/mol. The van der Waals surface area contributed by atoms with Gasteiger partial charge in [0.2, 0.25) is 0 Å². The lowest BCUT2D eigenvalue weighted by molar-refractivity contribution is 0.313. The van der Waals surface area contributed by atoms with Gasteiger partial charge in [0.1, 0.15) is 17.4 Å². The van der Waals surface area contributed by atoms with E-state index in [-0.39, 0.29) is 25.2 Å². The summed E-state index contributed by atoms with van der Waals surface area (Å²) in [5.41, 5.74) is 0.